The van der Waals surface area contributed by atoms with Gasteiger partial charge in [0, 0.05) is 12.3 Å². The normalized spacial score (nSPS) is 27.5. The minimum atomic E-state index is -1.74. The van der Waals surface area contributed by atoms with Crippen molar-refractivity contribution >= 4 is 17.7 Å². The second-order valence-electron chi connectivity index (χ2n) is 10.1. The predicted octanol–water partition coefficient (Wildman–Crippen LogP) is 3.12. The minimum absolute atomic E-state index is 0.0870. The Morgan fingerprint density at radius 2 is 1.57 bits per heavy atom. The van der Waals surface area contributed by atoms with Gasteiger partial charge in [-0.1, -0.05) is 12.1 Å². The molecule has 0 heterocycles. The molecule has 1 saturated carbocycles. The molecule has 1 aromatic rings. The van der Waals surface area contributed by atoms with E-state index in [0.717, 1.165) is 0 Å². The summed E-state index contributed by atoms with van der Waals surface area (Å²) < 4.78 is 11.0. The number of aliphatic hydroxyl groups is 1. The van der Waals surface area contributed by atoms with Crippen LogP contribution in [-0.4, -0.2) is 44.7 Å². The molecule has 2 rings (SSSR count). The molecule has 2 N–H and O–H groups in total. The lowest BCUT2D eigenvalue weighted by Crippen LogP contribution is -2.56. The van der Waals surface area contributed by atoms with Gasteiger partial charge in [-0.25, -0.2) is 0 Å². The van der Waals surface area contributed by atoms with Crippen LogP contribution in [0, 0.1) is 11.8 Å². The quantitative estimate of drug-likeness (QED) is 0.571. The molecule has 0 aromatic heterocycles. The third-order valence-electron chi connectivity index (χ3n) is 4.84. The number of esters is 2. The average Bonchev–Trinajstić information content (AvgIpc) is 2.49. The van der Waals surface area contributed by atoms with E-state index in [4.69, 9.17) is 9.47 Å². The van der Waals surface area contributed by atoms with Crippen molar-refractivity contribution in [1.82, 2.24) is 0 Å². The summed E-state index contributed by atoms with van der Waals surface area (Å²) >= 11 is 0. The number of ketones is 1. The maximum Gasteiger partial charge on any atom is 0.317 e. The molecule has 0 bridgehead atoms. The number of hydrogen-bond acceptors (Lipinski definition) is 7. The highest BCUT2D eigenvalue weighted by atomic mass is 16.6. The predicted molar refractivity (Wildman–Crippen MR) is 110 cm³/mol. The SMILES string of the molecule is CC(C)(C)OC(=O)[C@@H]1C(=O)C[C@@](C)(O)[C@@H](C(=O)OC(C)(C)C)[C@H]1c1cccc(O)c1. The molecule has 0 saturated heterocycles. The highest BCUT2D eigenvalue weighted by molar-refractivity contribution is 6.03. The van der Waals surface area contributed by atoms with E-state index < -0.39 is 58.7 Å². The number of carbonyl (C=O) groups excluding carboxylic acids is 3. The Hall–Kier alpha value is -2.41. The Labute approximate surface area is 177 Å². The number of carbonyl (C=O) groups is 3. The summed E-state index contributed by atoms with van der Waals surface area (Å²) in [6, 6.07) is 5.98. The summed E-state index contributed by atoms with van der Waals surface area (Å²) in [6.45, 7) is 11.5. The summed E-state index contributed by atoms with van der Waals surface area (Å²) in [5.41, 5.74) is -3.05. The smallest absolute Gasteiger partial charge is 0.317 e. The lowest BCUT2D eigenvalue weighted by molar-refractivity contribution is -0.182. The summed E-state index contributed by atoms with van der Waals surface area (Å²) in [5.74, 6) is -5.69. The van der Waals surface area contributed by atoms with Gasteiger partial charge in [0.25, 0.3) is 0 Å². The lowest BCUT2D eigenvalue weighted by atomic mass is 9.61. The van der Waals surface area contributed by atoms with Crippen LogP contribution in [0.2, 0.25) is 0 Å². The zero-order valence-corrected chi connectivity index (χ0v) is 18.7. The average molecular weight is 421 g/mol. The van der Waals surface area contributed by atoms with Gasteiger partial charge in [-0.05, 0) is 66.2 Å². The van der Waals surface area contributed by atoms with Crippen molar-refractivity contribution in [2.75, 3.05) is 0 Å². The summed E-state index contributed by atoms with van der Waals surface area (Å²) in [5, 5.41) is 21.1. The molecule has 166 valence electrons. The molecule has 1 aromatic carbocycles. The molecule has 30 heavy (non-hydrogen) atoms. The van der Waals surface area contributed by atoms with E-state index in [2.05, 4.69) is 0 Å². The summed E-state index contributed by atoms with van der Waals surface area (Å²) in [4.78, 5) is 39.2. The first kappa shape index (κ1) is 23.9. The third kappa shape index (κ3) is 5.59. The number of phenols is 1. The highest BCUT2D eigenvalue weighted by Gasteiger charge is 2.57. The molecule has 1 fully saturated rings. The maximum absolute atomic E-state index is 13.1. The standard InChI is InChI=1S/C23H32O7/c1-21(2,3)29-19(26)17-15(25)12-23(7,28)18(20(27)30-22(4,5)6)16(17)13-9-8-10-14(24)11-13/h8-11,16-18,24,28H,12H2,1-7H3/t16-,17+,18+,23+/m0/s1. The second kappa shape index (κ2) is 8.02. The van der Waals surface area contributed by atoms with Crippen LogP contribution >= 0.6 is 0 Å². The van der Waals surface area contributed by atoms with E-state index in [-0.39, 0.29) is 5.75 Å². The molecule has 7 nitrogen and oxygen atoms in total. The number of rotatable bonds is 3. The van der Waals surface area contributed by atoms with Crippen LogP contribution < -0.4 is 0 Å². The van der Waals surface area contributed by atoms with E-state index >= 15 is 0 Å². The molecule has 1 aliphatic carbocycles. The van der Waals surface area contributed by atoms with Crippen LogP contribution in [0.3, 0.4) is 0 Å². The minimum Gasteiger partial charge on any atom is -0.508 e. The molecular formula is C23H32O7. The maximum atomic E-state index is 13.1. The van der Waals surface area contributed by atoms with Gasteiger partial charge in [-0.15, -0.1) is 0 Å². The highest BCUT2D eigenvalue weighted by Crippen LogP contribution is 2.47. The molecule has 0 aliphatic heterocycles. The Balaban J connectivity index is 2.64. The first-order valence-electron chi connectivity index (χ1n) is 10.0. The number of aromatic hydroxyl groups is 1. The van der Waals surface area contributed by atoms with Gasteiger partial charge in [-0.3, -0.25) is 14.4 Å². The van der Waals surface area contributed by atoms with E-state index in [1.54, 1.807) is 53.7 Å². The Kier molecular flexibility index (Phi) is 6.38. The van der Waals surface area contributed by atoms with Crippen LogP contribution in [0.25, 0.3) is 0 Å². The molecule has 7 heteroatoms. The summed E-state index contributed by atoms with van der Waals surface area (Å²) in [7, 11) is 0. The molecule has 0 unspecified atom stereocenters. The van der Waals surface area contributed by atoms with Crippen LogP contribution in [0.15, 0.2) is 24.3 Å². The van der Waals surface area contributed by atoms with Crippen LogP contribution in [0.1, 0.15) is 66.4 Å². The second-order valence-corrected chi connectivity index (χ2v) is 10.1. The molecule has 0 spiro atoms. The van der Waals surface area contributed by atoms with Gasteiger partial charge >= 0.3 is 11.9 Å². The Morgan fingerprint density at radius 3 is 2.07 bits per heavy atom. The van der Waals surface area contributed by atoms with Crippen molar-refractivity contribution in [2.24, 2.45) is 11.8 Å². The van der Waals surface area contributed by atoms with Crippen LogP contribution in [0.5, 0.6) is 5.75 Å². The van der Waals surface area contributed by atoms with Crippen molar-refractivity contribution < 1.29 is 34.1 Å². The zero-order valence-electron chi connectivity index (χ0n) is 18.7. The summed E-state index contributed by atoms with van der Waals surface area (Å²) in [6.07, 6.45) is -0.393. The molecular weight excluding hydrogens is 388 g/mol. The topological polar surface area (TPSA) is 110 Å². The van der Waals surface area contributed by atoms with Crippen molar-refractivity contribution in [1.29, 1.82) is 0 Å². The van der Waals surface area contributed by atoms with E-state index in [1.165, 1.54) is 19.1 Å². The van der Waals surface area contributed by atoms with Gasteiger partial charge in [0.1, 0.15) is 22.9 Å². The largest absolute Gasteiger partial charge is 0.508 e. The molecule has 0 radical (unpaired) electrons. The first-order chi connectivity index (χ1) is 13.5. The van der Waals surface area contributed by atoms with Crippen molar-refractivity contribution in [3.63, 3.8) is 0 Å². The van der Waals surface area contributed by atoms with Gasteiger partial charge in [0.2, 0.25) is 0 Å². The Morgan fingerprint density at radius 1 is 1.03 bits per heavy atom. The molecule has 1 aliphatic rings. The van der Waals surface area contributed by atoms with Crippen molar-refractivity contribution in [3.05, 3.63) is 29.8 Å². The van der Waals surface area contributed by atoms with Gasteiger partial charge in [-0.2, -0.15) is 0 Å². The van der Waals surface area contributed by atoms with Gasteiger partial charge in [0.15, 0.2) is 5.78 Å². The number of hydrogen-bond donors (Lipinski definition) is 2. The third-order valence-corrected chi connectivity index (χ3v) is 4.84. The molecule has 0 amide bonds. The zero-order chi connectivity index (χ0) is 23.1. The van der Waals surface area contributed by atoms with Crippen LogP contribution in [-0.2, 0) is 23.9 Å². The van der Waals surface area contributed by atoms with Gasteiger partial charge in [0.05, 0.1) is 11.5 Å². The van der Waals surface area contributed by atoms with Crippen molar-refractivity contribution in [2.45, 2.75) is 77.6 Å². The molecule has 4 atom stereocenters. The first-order valence-corrected chi connectivity index (χ1v) is 10.0. The number of phenolic OH excluding ortho intramolecular Hbond substituents is 1. The number of benzene rings is 1. The van der Waals surface area contributed by atoms with Crippen LogP contribution in [0.4, 0.5) is 0 Å². The number of Topliss-reactive ketones (excluding diaryl/α,β-unsaturated/α-hetero) is 1. The van der Waals surface area contributed by atoms with E-state index in [0.29, 0.717) is 5.56 Å². The van der Waals surface area contributed by atoms with Gasteiger partial charge < -0.3 is 19.7 Å². The van der Waals surface area contributed by atoms with E-state index in [9.17, 15) is 24.6 Å². The van der Waals surface area contributed by atoms with E-state index in [1.807, 2.05) is 0 Å². The number of ether oxygens (including phenoxy) is 2. The lowest BCUT2D eigenvalue weighted by Gasteiger charge is -2.44. The fourth-order valence-corrected chi connectivity index (χ4v) is 3.88. The fraction of sp³-hybridized carbons (Fsp3) is 0.609. The fourth-order valence-electron chi connectivity index (χ4n) is 3.88. The van der Waals surface area contributed by atoms with Crippen molar-refractivity contribution in [3.8, 4) is 5.75 Å². The Bertz CT molecular complexity index is 827. The monoisotopic (exact) mass is 420 g/mol.